The molecule has 0 fully saturated rings. The molecule has 2 nitrogen and oxygen atoms in total. The van der Waals surface area contributed by atoms with Gasteiger partial charge < -0.3 is 0 Å². The van der Waals surface area contributed by atoms with Gasteiger partial charge in [0.2, 0.25) is 0 Å². The van der Waals surface area contributed by atoms with Gasteiger partial charge in [0.05, 0.1) is 17.2 Å². The Labute approximate surface area is 98.1 Å². The minimum absolute atomic E-state index is 0.363. The van der Waals surface area contributed by atoms with Gasteiger partial charge >= 0.3 is 0 Å². The zero-order chi connectivity index (χ0) is 10.7. The molecule has 4 heteroatoms. The molecule has 0 N–H and O–H groups in total. The van der Waals surface area contributed by atoms with E-state index in [9.17, 15) is 0 Å². The number of halogens is 1. The third kappa shape index (κ3) is 2.61. The van der Waals surface area contributed by atoms with Gasteiger partial charge in [-0.2, -0.15) is 0 Å². The van der Waals surface area contributed by atoms with Crippen LogP contribution in [0.1, 0.15) is 6.92 Å². The molecule has 1 aromatic carbocycles. The molecule has 1 unspecified atom stereocenters. The van der Waals surface area contributed by atoms with Crippen LogP contribution in [0.2, 0.25) is 0 Å². The fourth-order valence-electron chi connectivity index (χ4n) is 1.23. The van der Waals surface area contributed by atoms with E-state index in [4.69, 9.17) is 11.6 Å². The third-order valence-electron chi connectivity index (χ3n) is 1.97. The summed E-state index contributed by atoms with van der Waals surface area (Å²) >= 11 is 7.40. The first-order chi connectivity index (χ1) is 7.29. The van der Waals surface area contributed by atoms with Crippen molar-refractivity contribution >= 4 is 34.4 Å². The molecule has 0 saturated heterocycles. The maximum atomic E-state index is 5.75. The van der Waals surface area contributed by atoms with Crippen LogP contribution in [0, 0.1) is 0 Å². The van der Waals surface area contributed by atoms with E-state index in [0.29, 0.717) is 11.1 Å². The Hall–Kier alpha value is -0.800. The van der Waals surface area contributed by atoms with Gasteiger partial charge in [-0.1, -0.05) is 19.1 Å². The second-order valence-electron chi connectivity index (χ2n) is 3.28. The van der Waals surface area contributed by atoms with Gasteiger partial charge in [0.25, 0.3) is 0 Å². The highest BCUT2D eigenvalue weighted by Crippen LogP contribution is 2.22. The van der Waals surface area contributed by atoms with E-state index in [1.165, 1.54) is 0 Å². The largest absolute Gasteiger partial charge is 0.252 e. The van der Waals surface area contributed by atoms with Gasteiger partial charge in [-0.25, -0.2) is 4.98 Å². The molecule has 78 valence electrons. The molecule has 0 bridgehead atoms. The van der Waals surface area contributed by atoms with Crippen molar-refractivity contribution in [3.63, 3.8) is 0 Å². The van der Waals surface area contributed by atoms with Crippen LogP contribution in [0.15, 0.2) is 35.5 Å². The molecule has 0 aliphatic rings. The van der Waals surface area contributed by atoms with Crippen molar-refractivity contribution in [3.8, 4) is 0 Å². The van der Waals surface area contributed by atoms with Gasteiger partial charge in [-0.05, 0) is 12.1 Å². The van der Waals surface area contributed by atoms with Crippen LogP contribution >= 0.6 is 23.4 Å². The summed E-state index contributed by atoms with van der Waals surface area (Å²) in [5.74, 6) is 0.624. The zero-order valence-corrected chi connectivity index (χ0v) is 9.92. The van der Waals surface area contributed by atoms with Crippen molar-refractivity contribution in [2.75, 3.05) is 5.88 Å². The van der Waals surface area contributed by atoms with Crippen LogP contribution in [0.3, 0.4) is 0 Å². The fraction of sp³-hybridized carbons (Fsp3) is 0.273. The molecule has 1 aromatic heterocycles. The van der Waals surface area contributed by atoms with Crippen LogP contribution in [0.25, 0.3) is 11.0 Å². The van der Waals surface area contributed by atoms with Gasteiger partial charge in [0.1, 0.15) is 5.03 Å². The van der Waals surface area contributed by atoms with Crippen molar-refractivity contribution in [2.24, 2.45) is 0 Å². The molecule has 1 atom stereocenters. The monoisotopic (exact) mass is 238 g/mol. The summed E-state index contributed by atoms with van der Waals surface area (Å²) in [7, 11) is 0. The van der Waals surface area contributed by atoms with E-state index in [1.54, 1.807) is 18.0 Å². The number of nitrogens with zero attached hydrogens (tertiary/aromatic N) is 2. The lowest BCUT2D eigenvalue weighted by Crippen LogP contribution is -1.98. The maximum absolute atomic E-state index is 5.75. The van der Waals surface area contributed by atoms with Crippen LogP contribution < -0.4 is 0 Å². The number of para-hydroxylation sites is 2. The summed E-state index contributed by atoms with van der Waals surface area (Å²) in [5.41, 5.74) is 1.87. The molecule has 0 aliphatic carbocycles. The average Bonchev–Trinajstić information content (AvgIpc) is 2.29. The maximum Gasteiger partial charge on any atom is 0.115 e. The summed E-state index contributed by atoms with van der Waals surface area (Å²) in [4.78, 5) is 8.85. The van der Waals surface area contributed by atoms with Crippen LogP contribution in [-0.2, 0) is 0 Å². The highest BCUT2D eigenvalue weighted by atomic mass is 35.5. The summed E-state index contributed by atoms with van der Waals surface area (Å²) in [6.07, 6.45) is 1.80. The van der Waals surface area contributed by atoms with E-state index in [-0.39, 0.29) is 0 Å². The van der Waals surface area contributed by atoms with E-state index in [1.807, 2.05) is 24.3 Å². The summed E-state index contributed by atoms with van der Waals surface area (Å²) in [6, 6.07) is 7.86. The molecule has 15 heavy (non-hydrogen) atoms. The molecular formula is C11H11ClN2S. The Kier molecular flexibility index (Phi) is 3.44. The standard InChI is InChI=1S/C11H11ClN2S/c1-8(6-12)15-11-7-13-9-4-2-3-5-10(9)14-11/h2-5,7-8H,6H2,1H3. The first-order valence-electron chi connectivity index (χ1n) is 4.74. The van der Waals surface area contributed by atoms with Crippen LogP contribution in [0.5, 0.6) is 0 Å². The average molecular weight is 239 g/mol. The Morgan fingerprint density at radius 3 is 2.80 bits per heavy atom. The Morgan fingerprint density at radius 1 is 1.33 bits per heavy atom. The number of alkyl halides is 1. The number of hydrogen-bond acceptors (Lipinski definition) is 3. The molecule has 2 aromatic rings. The normalized spacial score (nSPS) is 12.9. The zero-order valence-electron chi connectivity index (χ0n) is 8.35. The predicted octanol–water partition coefficient (Wildman–Crippen LogP) is 3.35. The number of fused-ring (bicyclic) bond motifs is 1. The minimum Gasteiger partial charge on any atom is -0.252 e. The van der Waals surface area contributed by atoms with E-state index in [2.05, 4.69) is 16.9 Å². The van der Waals surface area contributed by atoms with Crippen molar-refractivity contribution in [2.45, 2.75) is 17.2 Å². The molecule has 0 saturated carbocycles. The van der Waals surface area contributed by atoms with E-state index in [0.717, 1.165) is 16.1 Å². The Bertz CT molecular complexity index is 461. The molecule has 0 radical (unpaired) electrons. The number of hydrogen-bond donors (Lipinski definition) is 0. The van der Waals surface area contributed by atoms with Gasteiger partial charge in [-0.15, -0.1) is 23.4 Å². The number of thioether (sulfide) groups is 1. The van der Waals surface area contributed by atoms with E-state index < -0.39 is 0 Å². The molecule has 0 spiro atoms. The summed E-state index contributed by atoms with van der Waals surface area (Å²) < 4.78 is 0. The topological polar surface area (TPSA) is 25.8 Å². The number of benzene rings is 1. The van der Waals surface area contributed by atoms with Crippen molar-refractivity contribution in [1.82, 2.24) is 9.97 Å². The second-order valence-corrected chi connectivity index (χ2v) is 5.05. The van der Waals surface area contributed by atoms with Gasteiger partial charge in [0, 0.05) is 11.1 Å². The lowest BCUT2D eigenvalue weighted by Gasteiger charge is -2.06. The smallest absolute Gasteiger partial charge is 0.115 e. The lowest BCUT2D eigenvalue weighted by atomic mass is 10.3. The summed E-state index contributed by atoms with van der Waals surface area (Å²) in [6.45, 7) is 2.08. The molecule has 1 heterocycles. The third-order valence-corrected chi connectivity index (χ3v) is 3.62. The molecular weight excluding hydrogens is 228 g/mol. The highest BCUT2D eigenvalue weighted by Gasteiger charge is 2.05. The summed E-state index contributed by atoms with van der Waals surface area (Å²) in [5, 5.41) is 1.30. The Morgan fingerprint density at radius 2 is 2.07 bits per heavy atom. The SMILES string of the molecule is CC(CCl)Sc1cnc2ccccc2n1. The second kappa shape index (κ2) is 4.81. The van der Waals surface area contributed by atoms with Crippen LogP contribution in [-0.4, -0.2) is 21.1 Å². The van der Waals surface area contributed by atoms with Crippen LogP contribution in [0.4, 0.5) is 0 Å². The fourth-order valence-corrected chi connectivity index (χ4v) is 2.16. The predicted molar refractivity (Wildman–Crippen MR) is 65.6 cm³/mol. The van der Waals surface area contributed by atoms with Crippen molar-refractivity contribution < 1.29 is 0 Å². The highest BCUT2D eigenvalue weighted by molar-refractivity contribution is 7.99. The minimum atomic E-state index is 0.363. The molecule has 0 amide bonds. The number of aromatic nitrogens is 2. The van der Waals surface area contributed by atoms with E-state index >= 15 is 0 Å². The number of rotatable bonds is 3. The van der Waals surface area contributed by atoms with Gasteiger partial charge in [-0.3, -0.25) is 4.98 Å². The molecule has 0 aliphatic heterocycles. The van der Waals surface area contributed by atoms with Crippen molar-refractivity contribution in [3.05, 3.63) is 30.5 Å². The van der Waals surface area contributed by atoms with Crippen molar-refractivity contribution in [1.29, 1.82) is 0 Å². The Balaban J connectivity index is 2.30. The quantitative estimate of drug-likeness (QED) is 0.606. The lowest BCUT2D eigenvalue weighted by molar-refractivity contribution is 1.07. The first-order valence-corrected chi connectivity index (χ1v) is 6.15. The van der Waals surface area contributed by atoms with Gasteiger partial charge in [0.15, 0.2) is 0 Å². The molecule has 2 rings (SSSR count). The first kappa shape index (κ1) is 10.7.